The van der Waals surface area contributed by atoms with Gasteiger partial charge in [-0.25, -0.2) is 15.0 Å². The van der Waals surface area contributed by atoms with Crippen LogP contribution in [0.5, 0.6) is 0 Å². The van der Waals surface area contributed by atoms with E-state index in [0.29, 0.717) is 17.5 Å². The number of para-hydroxylation sites is 2. The summed E-state index contributed by atoms with van der Waals surface area (Å²) in [5.74, 6) is 3.05. The average molecular weight is 723 g/mol. The lowest BCUT2D eigenvalue weighted by molar-refractivity contribution is 0.140. The van der Waals surface area contributed by atoms with Gasteiger partial charge >= 0.3 is 0 Å². The largest absolute Gasteiger partial charge is 0.473 e. The number of aromatic nitrogens is 3. The third-order valence-electron chi connectivity index (χ3n) is 10.9. The molecule has 2 atom stereocenters. The second kappa shape index (κ2) is 14.3. The second-order valence-electron chi connectivity index (χ2n) is 14.4. The van der Waals surface area contributed by atoms with E-state index in [9.17, 15) is 0 Å². The zero-order valence-corrected chi connectivity index (χ0v) is 31.0. The molecule has 1 aromatic heterocycles. The van der Waals surface area contributed by atoms with Crippen LogP contribution in [-0.4, -0.2) is 21.2 Å². The number of fused-ring (bicyclic) bond motifs is 3. The molecule has 8 aromatic rings. The van der Waals surface area contributed by atoms with Crippen LogP contribution in [0.2, 0.25) is 0 Å². The van der Waals surface area contributed by atoms with Gasteiger partial charge < -0.3 is 9.64 Å². The first-order valence-electron chi connectivity index (χ1n) is 19.1. The van der Waals surface area contributed by atoms with Gasteiger partial charge in [-0.2, -0.15) is 0 Å². The van der Waals surface area contributed by atoms with Crippen molar-refractivity contribution in [2.24, 2.45) is 0 Å². The van der Waals surface area contributed by atoms with Crippen molar-refractivity contribution in [1.29, 1.82) is 0 Å². The van der Waals surface area contributed by atoms with Gasteiger partial charge in [0.15, 0.2) is 23.7 Å². The summed E-state index contributed by atoms with van der Waals surface area (Å²) in [6.45, 7) is 2.23. The Morgan fingerprint density at radius 2 is 1.00 bits per heavy atom. The highest BCUT2D eigenvalue weighted by molar-refractivity contribution is 5.87. The van der Waals surface area contributed by atoms with Gasteiger partial charge in [-0.15, -0.1) is 0 Å². The molecule has 2 aliphatic rings. The number of allylic oxidation sites excluding steroid dienone is 1. The van der Waals surface area contributed by atoms with E-state index >= 15 is 0 Å². The maximum absolute atomic E-state index is 7.09. The van der Waals surface area contributed by atoms with Crippen LogP contribution in [0, 0.1) is 6.92 Å². The van der Waals surface area contributed by atoms with Crippen molar-refractivity contribution < 1.29 is 4.74 Å². The Morgan fingerprint density at radius 1 is 0.500 bits per heavy atom. The van der Waals surface area contributed by atoms with E-state index in [0.717, 1.165) is 45.7 Å². The maximum Gasteiger partial charge on any atom is 0.187 e. The van der Waals surface area contributed by atoms with Crippen LogP contribution >= 0.6 is 0 Å². The molecule has 2 unspecified atom stereocenters. The Bertz CT molecular complexity index is 2640. The molecule has 0 aliphatic carbocycles. The minimum Gasteiger partial charge on any atom is -0.473 e. The van der Waals surface area contributed by atoms with Gasteiger partial charge in [0.2, 0.25) is 0 Å². The van der Waals surface area contributed by atoms with Gasteiger partial charge in [-0.05, 0) is 58.5 Å². The Kier molecular flexibility index (Phi) is 8.53. The fraction of sp³-hybridized carbons (Fsp3) is 0.0784. The van der Waals surface area contributed by atoms with E-state index in [1.165, 1.54) is 33.5 Å². The molecule has 56 heavy (non-hydrogen) atoms. The highest BCUT2D eigenvalue weighted by Crippen LogP contribution is 2.57. The number of ether oxygens (including phenoxy) is 1. The van der Waals surface area contributed by atoms with Crippen LogP contribution in [0.1, 0.15) is 28.2 Å². The molecule has 5 nitrogen and oxygen atoms in total. The van der Waals surface area contributed by atoms with Crippen molar-refractivity contribution in [1.82, 2.24) is 15.0 Å². The third kappa shape index (κ3) is 6.13. The van der Waals surface area contributed by atoms with Gasteiger partial charge in [-0.3, -0.25) is 0 Å². The fourth-order valence-electron chi connectivity index (χ4n) is 8.22. The molecule has 10 rings (SSSR count). The summed E-state index contributed by atoms with van der Waals surface area (Å²) in [5, 5.41) is 0. The number of hydrogen-bond acceptors (Lipinski definition) is 5. The van der Waals surface area contributed by atoms with Crippen LogP contribution in [0.4, 0.5) is 11.4 Å². The molecule has 0 saturated carbocycles. The number of nitrogens with zero attached hydrogens (tertiary/aromatic N) is 4. The molecule has 2 aliphatic heterocycles. The monoisotopic (exact) mass is 722 g/mol. The van der Waals surface area contributed by atoms with E-state index in [1.807, 2.05) is 60.7 Å². The standard InChI is InChI=1S/C51H38N4O/c1-34-32-40(36-26-28-39(29-27-36)50-53-48(37-18-8-3-9-19-37)52-49(54-50)38-20-10-4-11-21-38)30-31-42(34)46-45(33-35-16-6-2-7-17-35)56-51-47(46)43-24-14-15-25-44(43)55(51)41-22-12-5-13-23-41/h2-32,47,51H,33H2,1H3. The zero-order chi connectivity index (χ0) is 37.4. The highest BCUT2D eigenvalue weighted by atomic mass is 16.5. The van der Waals surface area contributed by atoms with E-state index in [2.05, 4.69) is 139 Å². The van der Waals surface area contributed by atoms with Crippen molar-refractivity contribution >= 4 is 16.9 Å². The number of benzene rings is 7. The topological polar surface area (TPSA) is 51.1 Å². The van der Waals surface area contributed by atoms with Crippen molar-refractivity contribution in [2.45, 2.75) is 25.5 Å². The molecular formula is C51H38N4O. The smallest absolute Gasteiger partial charge is 0.187 e. The number of rotatable bonds is 8. The molecular weight excluding hydrogens is 685 g/mol. The van der Waals surface area contributed by atoms with Crippen LogP contribution in [-0.2, 0) is 11.2 Å². The van der Waals surface area contributed by atoms with Gasteiger partial charge in [0.1, 0.15) is 5.76 Å². The first kappa shape index (κ1) is 33.5. The molecule has 0 spiro atoms. The summed E-state index contributed by atoms with van der Waals surface area (Å²) >= 11 is 0. The molecule has 5 heteroatoms. The summed E-state index contributed by atoms with van der Waals surface area (Å²) in [7, 11) is 0. The summed E-state index contributed by atoms with van der Waals surface area (Å²) in [6, 6.07) is 65.6. The predicted octanol–water partition coefficient (Wildman–Crippen LogP) is 12.1. The SMILES string of the molecule is Cc1cc(-c2ccc(-c3nc(-c4ccccc4)nc(-c4ccccc4)n3)cc2)ccc1C1=C(Cc2ccccc2)OC2C1c1ccccc1N2c1ccccc1. The number of hydrogen-bond donors (Lipinski definition) is 0. The molecule has 268 valence electrons. The fourth-order valence-corrected chi connectivity index (χ4v) is 8.22. The quantitative estimate of drug-likeness (QED) is 0.156. The van der Waals surface area contributed by atoms with Crippen molar-refractivity contribution in [3.05, 3.63) is 216 Å². The van der Waals surface area contributed by atoms with Crippen molar-refractivity contribution in [3.8, 4) is 45.3 Å². The Balaban J connectivity index is 1.01. The lowest BCUT2D eigenvalue weighted by Crippen LogP contribution is -2.29. The Morgan fingerprint density at radius 3 is 1.61 bits per heavy atom. The normalized spacial score (nSPS) is 15.7. The number of aryl methyl sites for hydroxylation is 1. The van der Waals surface area contributed by atoms with E-state index in [-0.39, 0.29) is 12.1 Å². The summed E-state index contributed by atoms with van der Waals surface area (Å²) in [6.07, 6.45) is 0.557. The van der Waals surface area contributed by atoms with Crippen LogP contribution < -0.4 is 4.90 Å². The van der Waals surface area contributed by atoms with E-state index < -0.39 is 0 Å². The lowest BCUT2D eigenvalue weighted by Gasteiger charge is -2.27. The summed E-state index contributed by atoms with van der Waals surface area (Å²) < 4.78 is 7.09. The molecule has 0 amide bonds. The Labute approximate surface area is 327 Å². The van der Waals surface area contributed by atoms with E-state index in [4.69, 9.17) is 19.7 Å². The average Bonchev–Trinajstić information content (AvgIpc) is 3.78. The highest BCUT2D eigenvalue weighted by Gasteiger charge is 2.49. The minimum absolute atomic E-state index is 0.0656. The van der Waals surface area contributed by atoms with Crippen LogP contribution in [0.25, 0.3) is 50.9 Å². The van der Waals surface area contributed by atoms with Crippen LogP contribution in [0.15, 0.2) is 194 Å². The molecule has 0 saturated heterocycles. The van der Waals surface area contributed by atoms with Gasteiger partial charge in [0.05, 0.1) is 5.92 Å². The molecule has 7 aromatic carbocycles. The second-order valence-corrected chi connectivity index (χ2v) is 14.4. The van der Waals surface area contributed by atoms with Crippen molar-refractivity contribution in [3.63, 3.8) is 0 Å². The van der Waals surface area contributed by atoms with Crippen molar-refractivity contribution in [2.75, 3.05) is 4.90 Å². The van der Waals surface area contributed by atoms with Gasteiger partial charge in [0, 0.05) is 40.1 Å². The Hall–Kier alpha value is -7.11. The maximum atomic E-state index is 7.09. The first-order chi connectivity index (χ1) is 27.7. The minimum atomic E-state index is -0.171. The number of anilines is 2. The summed E-state index contributed by atoms with van der Waals surface area (Å²) in [5.41, 5.74) is 13.7. The summed E-state index contributed by atoms with van der Waals surface area (Å²) in [4.78, 5) is 17.1. The van der Waals surface area contributed by atoms with Gasteiger partial charge in [0.25, 0.3) is 0 Å². The molecule has 0 N–H and O–H groups in total. The van der Waals surface area contributed by atoms with E-state index in [1.54, 1.807) is 0 Å². The molecule has 0 bridgehead atoms. The van der Waals surface area contributed by atoms with Crippen LogP contribution in [0.3, 0.4) is 0 Å². The van der Waals surface area contributed by atoms with Gasteiger partial charge in [-0.1, -0.05) is 170 Å². The third-order valence-corrected chi connectivity index (χ3v) is 10.9. The predicted molar refractivity (Wildman–Crippen MR) is 226 cm³/mol. The lowest BCUT2D eigenvalue weighted by atomic mass is 9.84. The molecule has 0 radical (unpaired) electrons. The first-order valence-corrected chi connectivity index (χ1v) is 19.1. The molecule has 3 heterocycles. The molecule has 0 fully saturated rings. The zero-order valence-electron chi connectivity index (χ0n) is 31.0.